The summed E-state index contributed by atoms with van der Waals surface area (Å²) >= 11 is 1.53. The Kier molecular flexibility index (Phi) is 4.47. The van der Waals surface area contributed by atoms with Gasteiger partial charge in [0.05, 0.1) is 5.01 Å². The number of carbonyl (C=O) groups is 1. The largest absolute Gasteiger partial charge is 0.351 e. The zero-order valence-corrected chi connectivity index (χ0v) is 11.2. The number of hydrogen-bond acceptors (Lipinski definition) is 3. The summed E-state index contributed by atoms with van der Waals surface area (Å²) in [6.45, 7) is 2.73. The number of nitrogens with one attached hydrogen (secondary N) is 1. The van der Waals surface area contributed by atoms with Crippen LogP contribution in [0, 0.1) is 0 Å². The number of aromatic nitrogens is 1. The third-order valence-electron chi connectivity index (χ3n) is 2.52. The Bertz CT molecular complexity index is 508. The van der Waals surface area contributed by atoms with E-state index in [-0.39, 0.29) is 5.91 Å². The average molecular weight is 260 g/mol. The number of thiazole rings is 1. The SMILES string of the molecule is CCCNC(=O)c1csc(Cc2ccccc2)n1. The summed E-state index contributed by atoms with van der Waals surface area (Å²) in [6, 6.07) is 10.2. The Balaban J connectivity index is 2.00. The highest BCUT2D eigenvalue weighted by molar-refractivity contribution is 7.09. The molecule has 0 bridgehead atoms. The van der Waals surface area contributed by atoms with Gasteiger partial charge < -0.3 is 5.32 Å². The molecule has 0 aliphatic rings. The molecule has 0 spiro atoms. The summed E-state index contributed by atoms with van der Waals surface area (Å²) in [7, 11) is 0. The van der Waals surface area contributed by atoms with E-state index in [4.69, 9.17) is 0 Å². The highest BCUT2D eigenvalue weighted by atomic mass is 32.1. The molecule has 3 nitrogen and oxygen atoms in total. The molecule has 2 rings (SSSR count). The number of rotatable bonds is 5. The molecule has 94 valence electrons. The fraction of sp³-hybridized carbons (Fsp3) is 0.286. The van der Waals surface area contributed by atoms with E-state index in [0.29, 0.717) is 12.2 Å². The van der Waals surface area contributed by atoms with Crippen molar-refractivity contribution in [3.05, 3.63) is 52.0 Å². The number of benzene rings is 1. The Morgan fingerprint density at radius 3 is 2.83 bits per heavy atom. The van der Waals surface area contributed by atoms with Crippen molar-refractivity contribution in [3.8, 4) is 0 Å². The molecule has 2 aromatic rings. The van der Waals surface area contributed by atoms with E-state index in [0.717, 1.165) is 17.8 Å². The molecular formula is C14H16N2OS. The minimum absolute atomic E-state index is 0.0765. The Morgan fingerprint density at radius 1 is 1.33 bits per heavy atom. The lowest BCUT2D eigenvalue weighted by Crippen LogP contribution is -2.24. The molecule has 0 saturated heterocycles. The maximum absolute atomic E-state index is 11.7. The normalized spacial score (nSPS) is 10.3. The van der Waals surface area contributed by atoms with Gasteiger partial charge in [-0.2, -0.15) is 0 Å². The molecule has 1 amide bonds. The van der Waals surface area contributed by atoms with Gasteiger partial charge in [-0.25, -0.2) is 4.98 Å². The van der Waals surface area contributed by atoms with Crippen LogP contribution in [0.25, 0.3) is 0 Å². The van der Waals surface area contributed by atoms with Crippen molar-refractivity contribution in [3.63, 3.8) is 0 Å². The van der Waals surface area contributed by atoms with E-state index >= 15 is 0 Å². The van der Waals surface area contributed by atoms with Gasteiger partial charge >= 0.3 is 0 Å². The molecule has 0 radical (unpaired) electrons. The third-order valence-corrected chi connectivity index (χ3v) is 3.37. The second kappa shape index (κ2) is 6.31. The van der Waals surface area contributed by atoms with Crippen LogP contribution in [-0.2, 0) is 6.42 Å². The maximum Gasteiger partial charge on any atom is 0.270 e. The summed E-state index contributed by atoms with van der Waals surface area (Å²) in [4.78, 5) is 16.1. The summed E-state index contributed by atoms with van der Waals surface area (Å²) in [5.41, 5.74) is 1.74. The molecule has 0 unspecified atom stereocenters. The fourth-order valence-electron chi connectivity index (χ4n) is 1.60. The first-order chi connectivity index (χ1) is 8.79. The topological polar surface area (TPSA) is 42.0 Å². The van der Waals surface area contributed by atoms with E-state index < -0.39 is 0 Å². The van der Waals surface area contributed by atoms with Crippen molar-refractivity contribution in [1.29, 1.82) is 0 Å². The molecule has 0 atom stereocenters. The van der Waals surface area contributed by atoms with Crippen LogP contribution in [0.2, 0.25) is 0 Å². The lowest BCUT2D eigenvalue weighted by Gasteiger charge is -1.99. The lowest BCUT2D eigenvalue weighted by atomic mass is 10.2. The molecule has 1 aromatic carbocycles. The van der Waals surface area contributed by atoms with Gasteiger partial charge in [-0.15, -0.1) is 11.3 Å². The molecule has 0 aliphatic heterocycles. The van der Waals surface area contributed by atoms with E-state index in [1.54, 1.807) is 0 Å². The van der Waals surface area contributed by atoms with E-state index in [1.807, 2.05) is 30.5 Å². The predicted octanol–water partition coefficient (Wildman–Crippen LogP) is 2.87. The zero-order chi connectivity index (χ0) is 12.8. The van der Waals surface area contributed by atoms with Crippen molar-refractivity contribution in [1.82, 2.24) is 10.3 Å². The molecule has 1 N–H and O–H groups in total. The number of amides is 1. The summed E-state index contributed by atoms with van der Waals surface area (Å²) in [5.74, 6) is -0.0765. The van der Waals surface area contributed by atoms with E-state index in [9.17, 15) is 4.79 Å². The Morgan fingerprint density at radius 2 is 2.11 bits per heavy atom. The van der Waals surface area contributed by atoms with E-state index in [1.165, 1.54) is 16.9 Å². The summed E-state index contributed by atoms with van der Waals surface area (Å²) < 4.78 is 0. The standard InChI is InChI=1S/C14H16N2OS/c1-2-8-15-14(17)12-10-18-13(16-12)9-11-6-4-3-5-7-11/h3-7,10H,2,8-9H2,1H3,(H,15,17). The van der Waals surface area contributed by atoms with Crippen LogP contribution < -0.4 is 5.32 Å². The van der Waals surface area contributed by atoms with Gasteiger partial charge in [0, 0.05) is 18.3 Å². The van der Waals surface area contributed by atoms with E-state index in [2.05, 4.69) is 22.4 Å². The van der Waals surface area contributed by atoms with Crippen LogP contribution in [-0.4, -0.2) is 17.4 Å². The Hall–Kier alpha value is -1.68. The first-order valence-corrected chi connectivity index (χ1v) is 6.94. The van der Waals surface area contributed by atoms with Crippen molar-refractivity contribution in [2.45, 2.75) is 19.8 Å². The molecule has 18 heavy (non-hydrogen) atoms. The minimum Gasteiger partial charge on any atom is -0.351 e. The maximum atomic E-state index is 11.7. The van der Waals surface area contributed by atoms with Gasteiger partial charge in [0.1, 0.15) is 5.69 Å². The third kappa shape index (κ3) is 3.40. The summed E-state index contributed by atoms with van der Waals surface area (Å²) in [5, 5.41) is 5.63. The molecule has 4 heteroatoms. The molecular weight excluding hydrogens is 244 g/mol. The predicted molar refractivity (Wildman–Crippen MR) is 74.0 cm³/mol. The van der Waals surface area contributed by atoms with Crippen LogP contribution in [0.4, 0.5) is 0 Å². The minimum atomic E-state index is -0.0765. The molecule has 0 aliphatic carbocycles. The van der Waals surface area contributed by atoms with Crippen LogP contribution in [0.1, 0.15) is 34.4 Å². The van der Waals surface area contributed by atoms with Gasteiger partial charge in [0.15, 0.2) is 0 Å². The Labute approximate surface area is 111 Å². The van der Waals surface area contributed by atoms with Crippen LogP contribution in [0.3, 0.4) is 0 Å². The number of carbonyl (C=O) groups excluding carboxylic acids is 1. The van der Waals surface area contributed by atoms with Crippen LogP contribution in [0.5, 0.6) is 0 Å². The van der Waals surface area contributed by atoms with Gasteiger partial charge in [-0.1, -0.05) is 37.3 Å². The molecule has 1 heterocycles. The second-order valence-corrected chi connectivity index (χ2v) is 4.99. The highest BCUT2D eigenvalue weighted by Crippen LogP contribution is 2.14. The van der Waals surface area contributed by atoms with Gasteiger partial charge in [0.25, 0.3) is 5.91 Å². The van der Waals surface area contributed by atoms with Crippen molar-refractivity contribution >= 4 is 17.2 Å². The summed E-state index contributed by atoms with van der Waals surface area (Å²) in [6.07, 6.45) is 1.72. The highest BCUT2D eigenvalue weighted by Gasteiger charge is 2.09. The first-order valence-electron chi connectivity index (χ1n) is 6.06. The first kappa shape index (κ1) is 12.8. The zero-order valence-electron chi connectivity index (χ0n) is 10.3. The van der Waals surface area contributed by atoms with Crippen molar-refractivity contribution < 1.29 is 4.79 Å². The monoisotopic (exact) mass is 260 g/mol. The molecule has 1 aromatic heterocycles. The van der Waals surface area contributed by atoms with Gasteiger partial charge in [0.2, 0.25) is 0 Å². The van der Waals surface area contributed by atoms with Crippen molar-refractivity contribution in [2.75, 3.05) is 6.54 Å². The van der Waals surface area contributed by atoms with Crippen LogP contribution >= 0.6 is 11.3 Å². The smallest absolute Gasteiger partial charge is 0.270 e. The van der Waals surface area contributed by atoms with Gasteiger partial charge in [-0.3, -0.25) is 4.79 Å². The van der Waals surface area contributed by atoms with Crippen LogP contribution in [0.15, 0.2) is 35.7 Å². The average Bonchev–Trinajstić information content (AvgIpc) is 2.86. The molecule has 0 fully saturated rings. The quantitative estimate of drug-likeness (QED) is 0.898. The van der Waals surface area contributed by atoms with Gasteiger partial charge in [-0.05, 0) is 12.0 Å². The van der Waals surface area contributed by atoms with Crippen molar-refractivity contribution in [2.24, 2.45) is 0 Å². The molecule has 0 saturated carbocycles. The lowest BCUT2D eigenvalue weighted by molar-refractivity contribution is 0.0949. The second-order valence-electron chi connectivity index (χ2n) is 4.04. The number of nitrogens with zero attached hydrogens (tertiary/aromatic N) is 1. The number of hydrogen-bond donors (Lipinski definition) is 1. The fourth-order valence-corrected chi connectivity index (χ4v) is 2.40.